The van der Waals surface area contributed by atoms with Crippen molar-refractivity contribution in [2.24, 2.45) is 5.41 Å². The van der Waals surface area contributed by atoms with E-state index in [-0.39, 0.29) is 5.41 Å². The van der Waals surface area contributed by atoms with Crippen molar-refractivity contribution in [1.29, 1.82) is 0 Å². The summed E-state index contributed by atoms with van der Waals surface area (Å²) in [5.41, 5.74) is 10.7. The first-order valence-electron chi connectivity index (χ1n) is 10.4. The van der Waals surface area contributed by atoms with Crippen molar-refractivity contribution in [3.05, 3.63) is 143 Å². The van der Waals surface area contributed by atoms with Gasteiger partial charge in [0.15, 0.2) is 0 Å². The quantitative estimate of drug-likeness (QED) is 0.426. The molecule has 0 amide bonds. The summed E-state index contributed by atoms with van der Waals surface area (Å²) in [7, 11) is 0. The fraction of sp³-hybridized carbons (Fsp3) is 0.0345. The lowest BCUT2D eigenvalue weighted by Gasteiger charge is -2.36. The predicted octanol–water partition coefficient (Wildman–Crippen LogP) is 7.09. The Labute approximate surface area is 176 Å². The molecule has 1 aromatic heterocycles. The number of benzene rings is 2. The Hall–Kier alpha value is -3.84. The molecule has 4 aliphatic rings. The highest BCUT2D eigenvalue weighted by Crippen LogP contribution is 2.58. The van der Waals surface area contributed by atoms with Gasteiger partial charge in [-0.05, 0) is 68.8 Å². The van der Waals surface area contributed by atoms with Gasteiger partial charge in [-0.15, -0.1) is 0 Å². The van der Waals surface area contributed by atoms with Gasteiger partial charge in [0.2, 0.25) is 0 Å². The van der Waals surface area contributed by atoms with Gasteiger partial charge in [-0.3, -0.25) is 0 Å². The van der Waals surface area contributed by atoms with E-state index in [9.17, 15) is 0 Å². The van der Waals surface area contributed by atoms with Crippen LogP contribution in [0.5, 0.6) is 0 Å². The third-order valence-corrected chi connectivity index (χ3v) is 6.31. The molecule has 1 nitrogen and oxygen atoms in total. The summed E-state index contributed by atoms with van der Waals surface area (Å²) in [5.74, 6) is 0. The summed E-state index contributed by atoms with van der Waals surface area (Å²) in [5, 5.41) is 0. The van der Waals surface area contributed by atoms with Crippen LogP contribution in [0.25, 0.3) is 23.3 Å². The molecule has 4 aliphatic carbocycles. The molecular weight excluding hydrogens is 362 g/mol. The summed E-state index contributed by atoms with van der Waals surface area (Å²) in [6.07, 6.45) is 22.2. The molecule has 1 N–H and O–H groups in total. The first-order valence-corrected chi connectivity index (χ1v) is 10.4. The number of aromatic nitrogens is 1. The lowest BCUT2D eigenvalue weighted by atomic mass is 9.65. The van der Waals surface area contributed by atoms with Gasteiger partial charge in [-0.25, -0.2) is 0 Å². The Balaban J connectivity index is 0.000000310. The van der Waals surface area contributed by atoms with E-state index in [0.717, 1.165) is 0 Å². The molecule has 0 aliphatic heterocycles. The standard InChI is InChI=1S/C25H16.C4H5N/c1-3-9-19-17(7-1)15-23-21(19)11-5-13-25(23)14-6-12-22-20-10-4-2-8-18(20)16-24(22)25;1-2-4-5-3-1/h1-16H;1-5H. The zero-order valence-electron chi connectivity index (χ0n) is 16.5. The number of fused-ring (bicyclic) bond motifs is 8. The monoisotopic (exact) mass is 383 g/mol. The van der Waals surface area contributed by atoms with Gasteiger partial charge in [0.05, 0.1) is 5.41 Å². The maximum absolute atomic E-state index is 2.86. The van der Waals surface area contributed by atoms with E-state index in [1.54, 1.807) is 0 Å². The van der Waals surface area contributed by atoms with Crippen LogP contribution >= 0.6 is 0 Å². The number of rotatable bonds is 0. The number of nitrogens with one attached hydrogen (secondary N) is 1. The van der Waals surface area contributed by atoms with E-state index in [4.69, 9.17) is 0 Å². The van der Waals surface area contributed by atoms with Crippen molar-refractivity contribution < 1.29 is 0 Å². The molecule has 2 aromatic carbocycles. The molecule has 0 bridgehead atoms. The number of aromatic amines is 1. The third-order valence-electron chi connectivity index (χ3n) is 6.31. The van der Waals surface area contributed by atoms with Gasteiger partial charge in [-0.1, -0.05) is 85.0 Å². The van der Waals surface area contributed by atoms with Crippen LogP contribution < -0.4 is 0 Å². The lowest BCUT2D eigenvalue weighted by molar-refractivity contribution is 0.754. The maximum atomic E-state index is 2.86. The van der Waals surface area contributed by atoms with Crippen LogP contribution in [0.1, 0.15) is 22.3 Å². The molecule has 7 rings (SSSR count). The van der Waals surface area contributed by atoms with Crippen molar-refractivity contribution in [3.63, 3.8) is 0 Å². The molecule has 1 spiro atoms. The fourth-order valence-electron chi connectivity index (χ4n) is 4.97. The summed E-state index contributed by atoms with van der Waals surface area (Å²) >= 11 is 0. The predicted molar refractivity (Wildman–Crippen MR) is 126 cm³/mol. The van der Waals surface area contributed by atoms with Crippen molar-refractivity contribution in [1.82, 2.24) is 4.98 Å². The highest BCUT2D eigenvalue weighted by molar-refractivity contribution is 6.05. The third kappa shape index (κ3) is 2.42. The molecule has 3 aromatic rings. The average Bonchev–Trinajstić information content (AvgIpc) is 3.54. The van der Waals surface area contributed by atoms with Crippen molar-refractivity contribution >= 4 is 23.3 Å². The van der Waals surface area contributed by atoms with Gasteiger partial charge >= 0.3 is 0 Å². The molecule has 1 heterocycles. The molecule has 30 heavy (non-hydrogen) atoms. The molecule has 0 saturated carbocycles. The summed E-state index contributed by atoms with van der Waals surface area (Å²) in [6.45, 7) is 0. The number of allylic oxidation sites excluding steroid dienone is 10. The van der Waals surface area contributed by atoms with E-state index in [2.05, 4.69) is 102 Å². The first kappa shape index (κ1) is 17.1. The molecule has 0 fully saturated rings. The molecule has 0 atom stereocenters. The van der Waals surface area contributed by atoms with Crippen LogP contribution in [-0.2, 0) is 0 Å². The SMILES string of the molecule is C1=CC2(C=CC=C3C2=Cc2ccccc23)C2=Cc3ccccc3C2=C1.c1cc[nH]c1. The molecule has 142 valence electrons. The number of H-pyrrole nitrogens is 1. The molecule has 0 saturated heterocycles. The van der Waals surface area contributed by atoms with Gasteiger partial charge in [0.25, 0.3) is 0 Å². The van der Waals surface area contributed by atoms with Crippen molar-refractivity contribution in [3.8, 4) is 0 Å². The highest BCUT2D eigenvalue weighted by Gasteiger charge is 2.43. The number of hydrogen-bond acceptors (Lipinski definition) is 0. The van der Waals surface area contributed by atoms with Crippen LogP contribution in [0.4, 0.5) is 0 Å². The van der Waals surface area contributed by atoms with Crippen LogP contribution in [0.2, 0.25) is 0 Å². The summed E-state index contributed by atoms with van der Waals surface area (Å²) in [4.78, 5) is 2.86. The minimum Gasteiger partial charge on any atom is -0.368 e. The molecule has 1 heteroatoms. The minimum absolute atomic E-state index is 0.161. The molecule has 0 unspecified atom stereocenters. The Morgan fingerprint density at radius 1 is 0.567 bits per heavy atom. The zero-order chi connectivity index (χ0) is 20.0. The van der Waals surface area contributed by atoms with Gasteiger partial charge in [0.1, 0.15) is 0 Å². The zero-order valence-corrected chi connectivity index (χ0v) is 16.5. The van der Waals surface area contributed by atoms with Crippen molar-refractivity contribution in [2.45, 2.75) is 0 Å². The minimum atomic E-state index is -0.161. The van der Waals surface area contributed by atoms with Crippen LogP contribution in [-0.4, -0.2) is 4.98 Å². The van der Waals surface area contributed by atoms with Crippen LogP contribution in [0.3, 0.4) is 0 Å². The van der Waals surface area contributed by atoms with E-state index < -0.39 is 0 Å². The van der Waals surface area contributed by atoms with E-state index in [0.29, 0.717) is 0 Å². The maximum Gasteiger partial charge on any atom is 0.0581 e. The largest absolute Gasteiger partial charge is 0.368 e. The summed E-state index contributed by atoms with van der Waals surface area (Å²) in [6, 6.07) is 21.3. The lowest BCUT2D eigenvalue weighted by Crippen LogP contribution is -2.24. The Morgan fingerprint density at radius 2 is 1.07 bits per heavy atom. The van der Waals surface area contributed by atoms with Crippen LogP contribution in [0.15, 0.2) is 121 Å². The van der Waals surface area contributed by atoms with Crippen LogP contribution in [0, 0.1) is 5.41 Å². The average molecular weight is 383 g/mol. The highest BCUT2D eigenvalue weighted by atomic mass is 14.6. The first-order chi connectivity index (χ1) is 14.9. The Bertz CT molecular complexity index is 1210. The second-order valence-corrected chi connectivity index (χ2v) is 7.92. The van der Waals surface area contributed by atoms with E-state index in [1.165, 1.54) is 44.5 Å². The second-order valence-electron chi connectivity index (χ2n) is 7.92. The fourth-order valence-corrected chi connectivity index (χ4v) is 4.97. The topological polar surface area (TPSA) is 15.8 Å². The smallest absolute Gasteiger partial charge is 0.0581 e. The van der Waals surface area contributed by atoms with E-state index in [1.807, 2.05) is 24.5 Å². The second kappa shape index (κ2) is 6.60. The van der Waals surface area contributed by atoms with Crippen molar-refractivity contribution in [2.75, 3.05) is 0 Å². The summed E-state index contributed by atoms with van der Waals surface area (Å²) < 4.78 is 0. The van der Waals surface area contributed by atoms with Gasteiger partial charge in [-0.2, -0.15) is 0 Å². The van der Waals surface area contributed by atoms with E-state index >= 15 is 0 Å². The number of hydrogen-bond donors (Lipinski definition) is 1. The Kier molecular flexibility index (Phi) is 3.75. The molecular formula is C29H21N. The van der Waals surface area contributed by atoms with Gasteiger partial charge in [0, 0.05) is 12.4 Å². The molecule has 0 radical (unpaired) electrons. The Morgan fingerprint density at radius 3 is 1.53 bits per heavy atom. The van der Waals surface area contributed by atoms with Gasteiger partial charge < -0.3 is 4.98 Å². The normalized spacial score (nSPS) is 18.1.